The molecule has 1 aliphatic heterocycles. The van der Waals surface area contributed by atoms with Crippen LogP contribution in [0.4, 0.5) is 0 Å². The minimum atomic E-state index is 0.935. The second-order valence-electron chi connectivity index (χ2n) is 2.88. The highest BCUT2D eigenvalue weighted by atomic mass is 32.2. The fourth-order valence-electron chi connectivity index (χ4n) is 1.24. The van der Waals surface area contributed by atoms with Crippen molar-refractivity contribution in [3.05, 3.63) is 11.6 Å². The first-order valence-electron chi connectivity index (χ1n) is 4.17. The summed E-state index contributed by atoms with van der Waals surface area (Å²) < 4.78 is 0. The first-order valence-corrected chi connectivity index (χ1v) is 5.56. The van der Waals surface area contributed by atoms with Crippen LogP contribution in [0.5, 0.6) is 0 Å². The molecular weight excluding hydrogens is 168 g/mol. The third kappa shape index (κ3) is 2.88. The van der Waals surface area contributed by atoms with E-state index >= 15 is 0 Å². The molecular formula is C9H14N2S. The molecule has 0 saturated heterocycles. The molecule has 1 rings (SSSR count). The van der Waals surface area contributed by atoms with Crippen LogP contribution in [-0.4, -0.2) is 36.5 Å². The molecule has 0 aromatic carbocycles. The van der Waals surface area contributed by atoms with Gasteiger partial charge in [-0.3, -0.25) is 4.90 Å². The van der Waals surface area contributed by atoms with Gasteiger partial charge in [0.25, 0.3) is 0 Å². The summed E-state index contributed by atoms with van der Waals surface area (Å²) in [6.07, 6.45) is 5.11. The van der Waals surface area contributed by atoms with Crippen LogP contribution in [-0.2, 0) is 0 Å². The van der Waals surface area contributed by atoms with Gasteiger partial charge >= 0.3 is 0 Å². The smallest absolute Gasteiger partial charge is 0.0944 e. The Balaban J connectivity index is 2.27. The third-order valence-corrected chi connectivity index (χ3v) is 2.64. The highest BCUT2D eigenvalue weighted by molar-refractivity contribution is 7.98. The molecule has 0 unspecified atom stereocenters. The molecule has 0 spiro atoms. The largest absolute Gasteiger partial charge is 0.298 e. The maximum atomic E-state index is 8.61. The maximum Gasteiger partial charge on any atom is 0.0944 e. The Hall–Kier alpha value is -0.460. The van der Waals surface area contributed by atoms with Gasteiger partial charge in [-0.2, -0.15) is 17.0 Å². The van der Waals surface area contributed by atoms with E-state index in [2.05, 4.69) is 17.2 Å². The van der Waals surface area contributed by atoms with Gasteiger partial charge in [0.05, 0.1) is 6.07 Å². The van der Waals surface area contributed by atoms with Crippen molar-refractivity contribution in [1.82, 2.24) is 4.90 Å². The van der Waals surface area contributed by atoms with E-state index in [1.807, 2.05) is 17.8 Å². The molecule has 0 aromatic heterocycles. The molecule has 3 heteroatoms. The molecule has 0 N–H and O–H groups in total. The van der Waals surface area contributed by atoms with Gasteiger partial charge in [0.15, 0.2) is 0 Å². The van der Waals surface area contributed by atoms with Crippen molar-refractivity contribution in [1.29, 1.82) is 5.26 Å². The minimum Gasteiger partial charge on any atom is -0.298 e. The molecule has 1 aliphatic rings. The molecule has 0 radical (unpaired) electrons. The maximum absolute atomic E-state index is 8.61. The van der Waals surface area contributed by atoms with Gasteiger partial charge in [0.1, 0.15) is 0 Å². The summed E-state index contributed by atoms with van der Waals surface area (Å²) in [5.41, 5.74) is 0.954. The Morgan fingerprint density at radius 3 is 3.08 bits per heavy atom. The van der Waals surface area contributed by atoms with Gasteiger partial charge in [0, 0.05) is 31.0 Å². The Morgan fingerprint density at radius 1 is 1.75 bits per heavy atom. The van der Waals surface area contributed by atoms with E-state index < -0.39 is 0 Å². The average molecular weight is 182 g/mol. The Labute approximate surface area is 78.2 Å². The topological polar surface area (TPSA) is 27.0 Å². The van der Waals surface area contributed by atoms with E-state index in [9.17, 15) is 0 Å². The Bertz CT molecular complexity index is 205. The van der Waals surface area contributed by atoms with Gasteiger partial charge < -0.3 is 0 Å². The van der Waals surface area contributed by atoms with Crippen molar-refractivity contribution in [2.24, 2.45) is 0 Å². The zero-order valence-corrected chi connectivity index (χ0v) is 8.23. The lowest BCUT2D eigenvalue weighted by molar-refractivity contribution is 0.315. The van der Waals surface area contributed by atoms with Crippen molar-refractivity contribution >= 4 is 11.8 Å². The number of hydrogen-bond donors (Lipinski definition) is 0. The highest BCUT2D eigenvalue weighted by Crippen LogP contribution is 2.09. The van der Waals surface area contributed by atoms with Gasteiger partial charge in [0.2, 0.25) is 0 Å². The minimum absolute atomic E-state index is 0.935. The highest BCUT2D eigenvalue weighted by Gasteiger charge is 2.09. The second-order valence-corrected chi connectivity index (χ2v) is 3.87. The zero-order valence-electron chi connectivity index (χ0n) is 7.42. The van der Waals surface area contributed by atoms with Crippen molar-refractivity contribution in [2.75, 3.05) is 31.6 Å². The predicted octanol–water partition coefficient (Wildman–Crippen LogP) is 1.51. The molecule has 0 amide bonds. The molecule has 1 heterocycles. The van der Waals surface area contributed by atoms with E-state index in [1.54, 1.807) is 0 Å². The number of thioether (sulfide) groups is 1. The molecule has 0 saturated carbocycles. The SMILES string of the molecule is CSCCN1CC=C(C#N)CC1. The average Bonchev–Trinajstić information content (AvgIpc) is 2.15. The van der Waals surface area contributed by atoms with Crippen molar-refractivity contribution in [3.8, 4) is 6.07 Å². The molecule has 0 atom stereocenters. The first-order chi connectivity index (χ1) is 5.86. The zero-order chi connectivity index (χ0) is 8.81. The molecule has 2 nitrogen and oxygen atoms in total. The summed E-state index contributed by atoms with van der Waals surface area (Å²) in [7, 11) is 0. The molecule has 66 valence electrons. The Kier molecular flexibility index (Phi) is 4.20. The monoisotopic (exact) mass is 182 g/mol. The van der Waals surface area contributed by atoms with E-state index in [4.69, 9.17) is 5.26 Å². The fourth-order valence-corrected chi connectivity index (χ4v) is 1.68. The van der Waals surface area contributed by atoms with Crippen LogP contribution in [0.25, 0.3) is 0 Å². The van der Waals surface area contributed by atoms with Gasteiger partial charge in [-0.1, -0.05) is 6.08 Å². The molecule has 0 fully saturated rings. The third-order valence-electron chi connectivity index (χ3n) is 2.05. The fraction of sp³-hybridized carbons (Fsp3) is 0.667. The van der Waals surface area contributed by atoms with Crippen LogP contribution in [0.1, 0.15) is 6.42 Å². The molecule has 0 aromatic rings. The van der Waals surface area contributed by atoms with Crippen LogP contribution in [0.2, 0.25) is 0 Å². The van der Waals surface area contributed by atoms with Crippen molar-refractivity contribution < 1.29 is 0 Å². The predicted molar refractivity (Wildman–Crippen MR) is 53.1 cm³/mol. The van der Waals surface area contributed by atoms with Crippen LogP contribution < -0.4 is 0 Å². The quantitative estimate of drug-likeness (QED) is 0.662. The normalized spacial score (nSPS) is 18.5. The second kappa shape index (κ2) is 5.23. The Morgan fingerprint density at radius 2 is 2.58 bits per heavy atom. The number of nitrogens with zero attached hydrogens (tertiary/aromatic N) is 2. The van der Waals surface area contributed by atoms with Crippen molar-refractivity contribution in [2.45, 2.75) is 6.42 Å². The van der Waals surface area contributed by atoms with E-state index in [0.29, 0.717) is 0 Å². The number of nitriles is 1. The standard InChI is InChI=1S/C9H14N2S/c1-12-7-6-11-4-2-9(8-10)3-5-11/h2H,3-7H2,1H3. The lowest BCUT2D eigenvalue weighted by Gasteiger charge is -2.23. The van der Waals surface area contributed by atoms with Crippen LogP contribution in [0.15, 0.2) is 11.6 Å². The number of hydrogen-bond acceptors (Lipinski definition) is 3. The van der Waals surface area contributed by atoms with Crippen LogP contribution in [0, 0.1) is 11.3 Å². The van der Waals surface area contributed by atoms with E-state index in [-0.39, 0.29) is 0 Å². The van der Waals surface area contributed by atoms with Gasteiger partial charge in [-0.25, -0.2) is 0 Å². The summed E-state index contributed by atoms with van der Waals surface area (Å²) in [6.45, 7) is 3.17. The van der Waals surface area contributed by atoms with E-state index in [0.717, 1.165) is 31.6 Å². The van der Waals surface area contributed by atoms with Gasteiger partial charge in [-0.15, -0.1) is 0 Å². The summed E-state index contributed by atoms with van der Waals surface area (Å²) in [5, 5.41) is 8.61. The van der Waals surface area contributed by atoms with Gasteiger partial charge in [-0.05, 0) is 12.7 Å². The lowest BCUT2D eigenvalue weighted by Crippen LogP contribution is -2.30. The van der Waals surface area contributed by atoms with Crippen molar-refractivity contribution in [3.63, 3.8) is 0 Å². The van der Waals surface area contributed by atoms with E-state index in [1.165, 1.54) is 5.75 Å². The first kappa shape index (κ1) is 9.63. The molecule has 0 aliphatic carbocycles. The summed E-state index contributed by atoms with van der Waals surface area (Å²) in [5.74, 6) is 1.19. The number of rotatable bonds is 3. The summed E-state index contributed by atoms with van der Waals surface area (Å²) in [4.78, 5) is 2.39. The molecule has 12 heavy (non-hydrogen) atoms. The van der Waals surface area contributed by atoms with Crippen LogP contribution >= 0.6 is 11.8 Å². The molecule has 0 bridgehead atoms. The summed E-state index contributed by atoms with van der Waals surface area (Å²) >= 11 is 1.87. The lowest BCUT2D eigenvalue weighted by atomic mass is 10.1. The van der Waals surface area contributed by atoms with Crippen LogP contribution in [0.3, 0.4) is 0 Å². The summed E-state index contributed by atoms with van der Waals surface area (Å²) in [6, 6.07) is 2.21.